The van der Waals surface area contributed by atoms with Gasteiger partial charge in [-0.15, -0.1) is 0 Å². The van der Waals surface area contributed by atoms with Crippen LogP contribution in [0.5, 0.6) is 0 Å². The molecule has 0 atom stereocenters. The van der Waals surface area contributed by atoms with Crippen molar-refractivity contribution in [2.45, 2.75) is 19.0 Å². The van der Waals surface area contributed by atoms with Crippen molar-refractivity contribution >= 4 is 5.97 Å². The SMILES string of the molecule is COC(=O)c1ccc(COCC(F)(F)C(F)F)nc1. The number of aromatic nitrogens is 1. The molecule has 1 aromatic heterocycles. The monoisotopic (exact) mass is 281 g/mol. The molecular formula is C11H11F4NO3. The van der Waals surface area contributed by atoms with Gasteiger partial charge in [0.2, 0.25) is 0 Å². The summed E-state index contributed by atoms with van der Waals surface area (Å²) in [6.45, 7) is -1.76. The van der Waals surface area contributed by atoms with Crippen LogP contribution < -0.4 is 0 Å². The zero-order valence-electron chi connectivity index (χ0n) is 9.91. The van der Waals surface area contributed by atoms with Crippen molar-refractivity contribution < 1.29 is 31.8 Å². The van der Waals surface area contributed by atoms with Gasteiger partial charge >= 0.3 is 18.3 Å². The maximum atomic E-state index is 12.5. The number of esters is 1. The first-order chi connectivity index (χ1) is 8.86. The number of halogens is 4. The summed E-state index contributed by atoms with van der Waals surface area (Å²) in [4.78, 5) is 14.8. The van der Waals surface area contributed by atoms with Gasteiger partial charge in [-0.05, 0) is 12.1 Å². The average molecular weight is 281 g/mol. The van der Waals surface area contributed by atoms with E-state index < -0.39 is 24.9 Å². The van der Waals surface area contributed by atoms with Crippen LogP contribution in [0.15, 0.2) is 18.3 Å². The Kier molecular flexibility index (Phi) is 5.22. The third kappa shape index (κ3) is 4.47. The van der Waals surface area contributed by atoms with Crippen LogP contribution in [0.1, 0.15) is 16.1 Å². The molecule has 1 aromatic rings. The lowest BCUT2D eigenvalue weighted by Crippen LogP contribution is -2.32. The Morgan fingerprint density at radius 1 is 1.42 bits per heavy atom. The molecule has 4 nitrogen and oxygen atoms in total. The molecule has 0 saturated heterocycles. The summed E-state index contributed by atoms with van der Waals surface area (Å²) < 4.78 is 57.6. The average Bonchev–Trinajstić information content (AvgIpc) is 2.38. The highest BCUT2D eigenvalue weighted by Crippen LogP contribution is 2.23. The van der Waals surface area contributed by atoms with Crippen LogP contribution in [0.2, 0.25) is 0 Å². The van der Waals surface area contributed by atoms with Gasteiger partial charge in [0, 0.05) is 6.20 Å². The maximum absolute atomic E-state index is 12.5. The van der Waals surface area contributed by atoms with Crippen LogP contribution in [0.3, 0.4) is 0 Å². The van der Waals surface area contributed by atoms with Crippen molar-refractivity contribution in [3.05, 3.63) is 29.6 Å². The van der Waals surface area contributed by atoms with E-state index in [0.29, 0.717) is 0 Å². The second kappa shape index (κ2) is 6.46. The number of pyridine rings is 1. The highest BCUT2D eigenvalue weighted by atomic mass is 19.3. The number of alkyl halides is 4. The minimum absolute atomic E-state index is 0.184. The van der Waals surface area contributed by atoms with Gasteiger partial charge in [-0.2, -0.15) is 8.78 Å². The Balaban J connectivity index is 2.49. The van der Waals surface area contributed by atoms with E-state index >= 15 is 0 Å². The smallest absolute Gasteiger partial charge is 0.339 e. The van der Waals surface area contributed by atoms with Crippen molar-refractivity contribution in [2.24, 2.45) is 0 Å². The normalized spacial score (nSPS) is 11.7. The Bertz CT molecular complexity index is 422. The minimum Gasteiger partial charge on any atom is -0.465 e. The van der Waals surface area contributed by atoms with Crippen LogP contribution in [0.4, 0.5) is 17.6 Å². The fourth-order valence-corrected chi connectivity index (χ4v) is 1.10. The van der Waals surface area contributed by atoms with E-state index in [-0.39, 0.29) is 17.9 Å². The van der Waals surface area contributed by atoms with Gasteiger partial charge in [0.1, 0.15) is 6.61 Å². The molecule has 106 valence electrons. The predicted octanol–water partition coefficient (Wildman–Crippen LogP) is 2.29. The highest BCUT2D eigenvalue weighted by molar-refractivity contribution is 5.88. The standard InChI is InChI=1S/C11H11F4NO3/c1-18-9(17)7-2-3-8(16-4-7)5-19-6-11(14,15)10(12)13/h2-4,10H,5-6H2,1H3. The number of methoxy groups -OCH3 is 1. The van der Waals surface area contributed by atoms with Crippen LogP contribution in [-0.2, 0) is 16.1 Å². The van der Waals surface area contributed by atoms with Gasteiger partial charge in [-0.3, -0.25) is 4.98 Å². The molecule has 0 N–H and O–H groups in total. The van der Waals surface area contributed by atoms with Crippen molar-refractivity contribution in [2.75, 3.05) is 13.7 Å². The zero-order valence-corrected chi connectivity index (χ0v) is 9.91. The molecule has 19 heavy (non-hydrogen) atoms. The van der Waals surface area contributed by atoms with Gasteiger partial charge in [0.15, 0.2) is 0 Å². The van der Waals surface area contributed by atoms with Crippen LogP contribution in [-0.4, -0.2) is 37.0 Å². The van der Waals surface area contributed by atoms with Crippen LogP contribution in [0, 0.1) is 0 Å². The van der Waals surface area contributed by atoms with E-state index in [0.717, 1.165) is 0 Å². The molecule has 0 aliphatic heterocycles. The van der Waals surface area contributed by atoms with E-state index in [1.165, 1.54) is 25.4 Å². The lowest BCUT2D eigenvalue weighted by Gasteiger charge is -2.14. The lowest BCUT2D eigenvalue weighted by atomic mass is 10.2. The van der Waals surface area contributed by atoms with Gasteiger partial charge in [-0.25, -0.2) is 13.6 Å². The second-order valence-corrected chi connectivity index (χ2v) is 3.58. The van der Waals surface area contributed by atoms with E-state index in [9.17, 15) is 22.4 Å². The highest BCUT2D eigenvalue weighted by Gasteiger charge is 2.40. The van der Waals surface area contributed by atoms with Crippen molar-refractivity contribution in [3.8, 4) is 0 Å². The summed E-state index contributed by atoms with van der Waals surface area (Å²) >= 11 is 0. The summed E-state index contributed by atoms with van der Waals surface area (Å²) in [5.74, 6) is -4.78. The molecule has 8 heteroatoms. The van der Waals surface area contributed by atoms with Crippen LogP contribution >= 0.6 is 0 Å². The molecule has 0 spiro atoms. The minimum atomic E-state index is -4.19. The quantitative estimate of drug-likeness (QED) is 0.593. The number of carbonyl (C=O) groups excluding carboxylic acids is 1. The first-order valence-electron chi connectivity index (χ1n) is 5.14. The third-order valence-corrected chi connectivity index (χ3v) is 2.11. The molecule has 1 rings (SSSR count). The van der Waals surface area contributed by atoms with E-state index in [2.05, 4.69) is 14.5 Å². The summed E-state index contributed by atoms with van der Waals surface area (Å²) in [6.07, 6.45) is -2.60. The maximum Gasteiger partial charge on any atom is 0.339 e. The number of hydrogen-bond donors (Lipinski definition) is 0. The number of ether oxygens (including phenoxy) is 2. The van der Waals surface area contributed by atoms with Crippen molar-refractivity contribution in [1.29, 1.82) is 0 Å². The third-order valence-electron chi connectivity index (χ3n) is 2.11. The van der Waals surface area contributed by atoms with E-state index in [1.54, 1.807) is 0 Å². The Labute approximate surface area is 106 Å². The fraction of sp³-hybridized carbons (Fsp3) is 0.455. The summed E-state index contributed by atoms with van der Waals surface area (Å²) in [6, 6.07) is 2.72. The topological polar surface area (TPSA) is 48.4 Å². The molecule has 0 aliphatic rings. The second-order valence-electron chi connectivity index (χ2n) is 3.58. The van der Waals surface area contributed by atoms with E-state index in [1.807, 2.05) is 0 Å². The van der Waals surface area contributed by atoms with Gasteiger partial charge in [-0.1, -0.05) is 0 Å². The first-order valence-corrected chi connectivity index (χ1v) is 5.14. The molecule has 0 unspecified atom stereocenters. The molecule has 0 aliphatic carbocycles. The molecule has 0 amide bonds. The van der Waals surface area contributed by atoms with E-state index in [4.69, 9.17) is 0 Å². The van der Waals surface area contributed by atoms with Crippen molar-refractivity contribution in [3.63, 3.8) is 0 Å². The predicted molar refractivity (Wildman–Crippen MR) is 56.2 cm³/mol. The molecule has 0 aromatic carbocycles. The van der Waals surface area contributed by atoms with Gasteiger partial charge in [0.25, 0.3) is 0 Å². The molecule has 0 saturated carbocycles. The fourth-order valence-electron chi connectivity index (χ4n) is 1.10. The molecule has 0 bridgehead atoms. The summed E-state index contributed by atoms with van der Waals surface area (Å²) in [7, 11) is 1.20. The molecule has 0 fully saturated rings. The lowest BCUT2D eigenvalue weighted by molar-refractivity contribution is -0.168. The first kappa shape index (κ1) is 15.4. The number of carbonyl (C=O) groups is 1. The number of hydrogen-bond acceptors (Lipinski definition) is 4. The largest absolute Gasteiger partial charge is 0.465 e. The van der Waals surface area contributed by atoms with Gasteiger partial charge < -0.3 is 9.47 Å². The zero-order chi connectivity index (χ0) is 14.5. The Hall–Kier alpha value is -1.70. The molecular weight excluding hydrogens is 270 g/mol. The Morgan fingerprint density at radius 3 is 2.58 bits per heavy atom. The summed E-state index contributed by atoms with van der Waals surface area (Å²) in [5.41, 5.74) is 0.418. The molecule has 1 heterocycles. The Morgan fingerprint density at radius 2 is 2.11 bits per heavy atom. The number of rotatable bonds is 6. The van der Waals surface area contributed by atoms with Crippen LogP contribution in [0.25, 0.3) is 0 Å². The number of nitrogens with zero attached hydrogens (tertiary/aromatic N) is 1. The van der Waals surface area contributed by atoms with Gasteiger partial charge in [0.05, 0.1) is 25.0 Å². The van der Waals surface area contributed by atoms with Crippen molar-refractivity contribution in [1.82, 2.24) is 4.98 Å². The summed E-state index contributed by atoms with van der Waals surface area (Å²) in [5, 5.41) is 0. The molecule has 0 radical (unpaired) electrons.